The summed E-state index contributed by atoms with van der Waals surface area (Å²) in [6.45, 7) is 2.05. The van der Waals surface area contributed by atoms with E-state index in [1.54, 1.807) is 0 Å². The molecular weight excluding hydrogens is 111 g/mol. The van der Waals surface area contributed by atoms with E-state index in [1.165, 1.54) is 0 Å². The molecule has 1 N–H and O–H groups in total. The Morgan fingerprint density at radius 1 is 2.00 bits per heavy atom. The Morgan fingerprint density at radius 3 is 2.25 bits per heavy atom. The van der Waals surface area contributed by atoms with Crippen molar-refractivity contribution in [3.63, 3.8) is 0 Å². The maximum atomic E-state index is 6.58. The quantitative estimate of drug-likeness (QED) is 0.493. The van der Waals surface area contributed by atoms with Gasteiger partial charge in [0.05, 0.1) is 0 Å². The van der Waals surface area contributed by atoms with Crippen LogP contribution >= 0.6 is 0 Å². The van der Waals surface area contributed by atoms with Gasteiger partial charge < -0.3 is 0 Å². The van der Waals surface area contributed by atoms with Gasteiger partial charge in [-0.05, 0) is 0 Å². The molecule has 4 heavy (non-hydrogen) atoms. The summed E-state index contributed by atoms with van der Waals surface area (Å²) in [6, 6.07) is 0. The van der Waals surface area contributed by atoms with Crippen LogP contribution in [0, 0.1) is 4.32 Å². The SMILES string of the molecule is C[CH2][Ge]=[NH]. The fraction of sp³-hybridized carbons (Fsp3) is 1.00. The molecule has 0 aromatic carbocycles. The minimum absolute atomic E-state index is 0.236. The molecule has 1 nitrogen and oxygen atoms in total. The summed E-state index contributed by atoms with van der Waals surface area (Å²) >= 11 is -0.236. The molecule has 0 heterocycles. The topological polar surface area (TPSA) is 23.9 Å². The van der Waals surface area contributed by atoms with E-state index in [0.29, 0.717) is 0 Å². The molecule has 0 spiro atoms. The molecule has 0 atom stereocenters. The van der Waals surface area contributed by atoms with Crippen molar-refractivity contribution in [1.29, 1.82) is 4.32 Å². The molecule has 0 aromatic rings. The van der Waals surface area contributed by atoms with Gasteiger partial charge in [-0.3, -0.25) is 0 Å². The monoisotopic (exact) mass is 118 g/mol. The van der Waals surface area contributed by atoms with Crippen molar-refractivity contribution < 1.29 is 0 Å². The second-order valence-electron chi connectivity index (χ2n) is 0.530. The first-order valence-corrected chi connectivity index (χ1v) is 3.84. The van der Waals surface area contributed by atoms with E-state index in [1.807, 2.05) is 6.92 Å². The van der Waals surface area contributed by atoms with E-state index in [-0.39, 0.29) is 15.2 Å². The molecule has 0 aromatic heterocycles. The summed E-state index contributed by atoms with van der Waals surface area (Å²) in [5, 5.41) is 1.11. The third-order valence-corrected chi connectivity index (χ3v) is 0.919. The normalized spacial score (nSPS) is 6.25. The van der Waals surface area contributed by atoms with E-state index in [2.05, 4.69) is 0 Å². The zero-order valence-corrected chi connectivity index (χ0v) is 4.81. The Balaban J connectivity index is 2.30. The van der Waals surface area contributed by atoms with Crippen molar-refractivity contribution in [2.24, 2.45) is 0 Å². The summed E-state index contributed by atoms with van der Waals surface area (Å²) in [5.41, 5.74) is 0. The molecular formula is C2H6GeN. The van der Waals surface area contributed by atoms with Gasteiger partial charge >= 0.3 is 31.7 Å². The van der Waals surface area contributed by atoms with Crippen LogP contribution in [0.5, 0.6) is 0 Å². The van der Waals surface area contributed by atoms with Gasteiger partial charge in [0.2, 0.25) is 0 Å². The molecule has 0 bridgehead atoms. The minimum atomic E-state index is -0.236. The first kappa shape index (κ1) is 4.34. The van der Waals surface area contributed by atoms with Crippen LogP contribution in [0.2, 0.25) is 5.25 Å². The zero-order chi connectivity index (χ0) is 3.41. The molecule has 1 radical (unpaired) electrons. The van der Waals surface area contributed by atoms with Crippen molar-refractivity contribution in [3.05, 3.63) is 0 Å². The van der Waals surface area contributed by atoms with Gasteiger partial charge in [0.15, 0.2) is 0 Å². The summed E-state index contributed by atoms with van der Waals surface area (Å²) in [5.74, 6) is 0. The van der Waals surface area contributed by atoms with Gasteiger partial charge in [0, 0.05) is 0 Å². The standard InChI is InChI=1S/C2H6GeN/c1-2-3-4/h4H,2H2,1H3. The number of hydrogen-bond donors (Lipinski definition) is 1. The predicted octanol–water partition coefficient (Wildman–Crippen LogP) is 0.891. The zero-order valence-electron chi connectivity index (χ0n) is 2.71. The van der Waals surface area contributed by atoms with Crippen molar-refractivity contribution >= 4 is 15.2 Å². The second-order valence-corrected chi connectivity index (χ2v) is 2.76. The molecule has 23 valence electrons. The number of hydrogen-bond acceptors (Lipinski definition) is 1. The first-order valence-electron chi connectivity index (χ1n) is 1.31. The van der Waals surface area contributed by atoms with Gasteiger partial charge in [-0.2, -0.15) is 0 Å². The van der Waals surface area contributed by atoms with Crippen LogP contribution in [-0.4, -0.2) is 15.2 Å². The van der Waals surface area contributed by atoms with Crippen LogP contribution < -0.4 is 0 Å². The summed E-state index contributed by atoms with van der Waals surface area (Å²) in [6.07, 6.45) is 0. The third kappa shape index (κ3) is 2.34. The van der Waals surface area contributed by atoms with Gasteiger partial charge in [-0.25, -0.2) is 0 Å². The van der Waals surface area contributed by atoms with Crippen molar-refractivity contribution in [1.82, 2.24) is 0 Å². The molecule has 2 heteroatoms. The Hall–Kier alpha value is 0.343. The van der Waals surface area contributed by atoms with Crippen LogP contribution in [0.25, 0.3) is 0 Å². The Bertz CT molecular complexity index is 20.0. The predicted molar refractivity (Wildman–Crippen MR) is 19.0 cm³/mol. The van der Waals surface area contributed by atoms with Crippen LogP contribution in [0.4, 0.5) is 0 Å². The Kier molecular flexibility index (Phi) is 3.63. The van der Waals surface area contributed by atoms with Gasteiger partial charge in [0.25, 0.3) is 0 Å². The Morgan fingerprint density at radius 2 is 2.25 bits per heavy atom. The second kappa shape index (κ2) is 3.34. The van der Waals surface area contributed by atoms with E-state index < -0.39 is 0 Å². The molecule has 0 fully saturated rings. The Labute approximate surface area is 32.5 Å². The summed E-state index contributed by atoms with van der Waals surface area (Å²) in [7, 11) is 0. The third-order valence-electron chi connectivity index (χ3n) is 0.177. The molecule has 0 saturated heterocycles. The fourth-order valence-electron chi connectivity index (χ4n) is 0. The van der Waals surface area contributed by atoms with Crippen LogP contribution in [0.15, 0.2) is 0 Å². The van der Waals surface area contributed by atoms with E-state index in [4.69, 9.17) is 4.32 Å². The van der Waals surface area contributed by atoms with Crippen molar-refractivity contribution in [3.8, 4) is 0 Å². The van der Waals surface area contributed by atoms with Gasteiger partial charge in [-0.15, -0.1) is 0 Å². The van der Waals surface area contributed by atoms with Crippen molar-refractivity contribution in [2.75, 3.05) is 0 Å². The molecule has 0 unspecified atom stereocenters. The van der Waals surface area contributed by atoms with Gasteiger partial charge in [-0.1, -0.05) is 0 Å². The number of nitrogens with one attached hydrogen (secondary N) is 1. The van der Waals surface area contributed by atoms with E-state index >= 15 is 0 Å². The number of rotatable bonds is 1. The van der Waals surface area contributed by atoms with Crippen LogP contribution in [0.1, 0.15) is 6.92 Å². The van der Waals surface area contributed by atoms with E-state index in [9.17, 15) is 0 Å². The molecule has 0 aliphatic carbocycles. The van der Waals surface area contributed by atoms with Crippen molar-refractivity contribution in [2.45, 2.75) is 12.2 Å². The van der Waals surface area contributed by atoms with E-state index in [0.717, 1.165) is 5.25 Å². The summed E-state index contributed by atoms with van der Waals surface area (Å²) < 4.78 is 6.58. The summed E-state index contributed by atoms with van der Waals surface area (Å²) in [4.78, 5) is 0. The van der Waals surface area contributed by atoms with Crippen LogP contribution in [-0.2, 0) is 0 Å². The fourth-order valence-corrected chi connectivity index (χ4v) is 0. The molecule has 0 aliphatic rings. The average molecular weight is 117 g/mol. The molecule has 0 amide bonds. The van der Waals surface area contributed by atoms with Gasteiger partial charge in [0.1, 0.15) is 0 Å². The molecule has 0 aliphatic heterocycles. The molecule has 0 saturated carbocycles. The first-order chi connectivity index (χ1) is 1.91. The molecule has 0 rings (SSSR count). The van der Waals surface area contributed by atoms with Crippen LogP contribution in [0.3, 0.4) is 0 Å². The maximum absolute atomic E-state index is 6.58. The average Bonchev–Trinajstić information content (AvgIpc) is 1.37.